The normalized spacial score (nSPS) is 22.9. The third kappa shape index (κ3) is 3.21. The fraction of sp³-hybridized carbons (Fsp3) is 0.533. The highest BCUT2D eigenvalue weighted by Crippen LogP contribution is 2.31. The van der Waals surface area contributed by atoms with E-state index in [-0.39, 0.29) is 18.0 Å². The molecule has 0 aliphatic heterocycles. The summed E-state index contributed by atoms with van der Waals surface area (Å²) < 4.78 is 5.26. The van der Waals surface area contributed by atoms with Crippen LogP contribution in [0.1, 0.15) is 31.2 Å². The van der Waals surface area contributed by atoms with E-state index in [0.29, 0.717) is 11.3 Å². The summed E-state index contributed by atoms with van der Waals surface area (Å²) in [5.74, 6) is 0.737. The van der Waals surface area contributed by atoms with Gasteiger partial charge < -0.3 is 25.7 Å². The van der Waals surface area contributed by atoms with E-state index >= 15 is 0 Å². The van der Waals surface area contributed by atoms with Gasteiger partial charge in [-0.15, -0.1) is 0 Å². The quantitative estimate of drug-likeness (QED) is 0.339. The van der Waals surface area contributed by atoms with Gasteiger partial charge in [0.15, 0.2) is 5.84 Å². The Kier molecular flexibility index (Phi) is 4.90. The van der Waals surface area contributed by atoms with Gasteiger partial charge in [0.05, 0.1) is 24.9 Å². The van der Waals surface area contributed by atoms with Crippen molar-refractivity contribution in [3.63, 3.8) is 0 Å². The highest BCUT2D eigenvalue weighted by molar-refractivity contribution is 6.02. The average Bonchev–Trinajstić information content (AvgIpc) is 2.53. The Hall–Kier alpha value is -1.95. The summed E-state index contributed by atoms with van der Waals surface area (Å²) in [4.78, 5) is 2.00. The van der Waals surface area contributed by atoms with Gasteiger partial charge in [-0.2, -0.15) is 0 Å². The van der Waals surface area contributed by atoms with Gasteiger partial charge >= 0.3 is 0 Å². The maximum absolute atomic E-state index is 10.2. The minimum Gasteiger partial charge on any atom is -0.497 e. The van der Waals surface area contributed by atoms with Crippen LogP contribution in [-0.2, 0) is 0 Å². The van der Waals surface area contributed by atoms with Crippen LogP contribution in [0.15, 0.2) is 23.4 Å². The molecule has 4 N–H and O–H groups in total. The molecule has 6 heteroatoms. The van der Waals surface area contributed by atoms with E-state index in [9.17, 15) is 5.11 Å². The monoisotopic (exact) mass is 293 g/mol. The van der Waals surface area contributed by atoms with Crippen molar-refractivity contribution >= 4 is 11.5 Å². The van der Waals surface area contributed by atoms with Gasteiger partial charge in [-0.1, -0.05) is 18.0 Å². The average molecular weight is 293 g/mol. The second kappa shape index (κ2) is 6.67. The van der Waals surface area contributed by atoms with Crippen molar-refractivity contribution in [3.05, 3.63) is 23.8 Å². The molecule has 0 bridgehead atoms. The number of oxime groups is 1. The zero-order chi connectivity index (χ0) is 15.4. The topological polar surface area (TPSA) is 91.3 Å². The first-order valence-electron chi connectivity index (χ1n) is 7.15. The number of benzene rings is 1. The van der Waals surface area contributed by atoms with Crippen LogP contribution in [0.3, 0.4) is 0 Å². The number of likely N-dealkylation sites (N-methyl/N-ethyl adjacent to an activating group) is 1. The van der Waals surface area contributed by atoms with Crippen LogP contribution >= 0.6 is 0 Å². The number of methoxy groups -OCH3 is 1. The lowest BCUT2D eigenvalue weighted by atomic mass is 9.91. The van der Waals surface area contributed by atoms with E-state index in [4.69, 9.17) is 15.7 Å². The number of aliphatic hydroxyl groups excluding tert-OH is 1. The number of aliphatic hydroxyl groups is 1. The summed E-state index contributed by atoms with van der Waals surface area (Å²) in [6, 6.07) is 5.39. The van der Waals surface area contributed by atoms with Crippen molar-refractivity contribution in [1.82, 2.24) is 0 Å². The molecule has 1 aromatic carbocycles. The Morgan fingerprint density at radius 3 is 2.71 bits per heavy atom. The van der Waals surface area contributed by atoms with Crippen LogP contribution in [0.5, 0.6) is 5.75 Å². The Morgan fingerprint density at radius 1 is 1.38 bits per heavy atom. The number of hydrogen-bond acceptors (Lipinski definition) is 5. The predicted octanol–water partition coefficient (Wildman–Crippen LogP) is 1.53. The molecule has 2 unspecified atom stereocenters. The summed E-state index contributed by atoms with van der Waals surface area (Å²) >= 11 is 0. The van der Waals surface area contributed by atoms with Crippen molar-refractivity contribution in [1.29, 1.82) is 0 Å². The van der Waals surface area contributed by atoms with E-state index in [2.05, 4.69) is 5.16 Å². The van der Waals surface area contributed by atoms with Crippen LogP contribution in [0.25, 0.3) is 0 Å². The molecule has 0 aromatic heterocycles. The number of nitrogens with two attached hydrogens (primary N) is 1. The van der Waals surface area contributed by atoms with E-state index in [1.165, 1.54) is 0 Å². The minimum atomic E-state index is -0.366. The standard InChI is InChI=1S/C15H23N3O3/c1-18(12-5-3-4-6-14(12)19)13-9-10(21-2)7-8-11(13)15(16)17-20/h7-9,12,14,19-20H,3-6H2,1-2H3,(H2,16,17). The van der Waals surface area contributed by atoms with Crippen LogP contribution in [0.4, 0.5) is 5.69 Å². The third-order valence-corrected chi connectivity index (χ3v) is 4.16. The Bertz CT molecular complexity index is 519. The molecular weight excluding hydrogens is 270 g/mol. The molecule has 116 valence electrons. The zero-order valence-corrected chi connectivity index (χ0v) is 12.5. The molecule has 2 atom stereocenters. The van der Waals surface area contributed by atoms with Crippen molar-refractivity contribution in [3.8, 4) is 5.75 Å². The van der Waals surface area contributed by atoms with Crippen LogP contribution in [0, 0.1) is 0 Å². The smallest absolute Gasteiger partial charge is 0.172 e. The number of hydrogen-bond donors (Lipinski definition) is 3. The summed E-state index contributed by atoms with van der Waals surface area (Å²) in [6.45, 7) is 0. The predicted molar refractivity (Wildman–Crippen MR) is 82.2 cm³/mol. The van der Waals surface area contributed by atoms with Crippen molar-refractivity contribution in [2.45, 2.75) is 37.8 Å². The highest BCUT2D eigenvalue weighted by Gasteiger charge is 2.28. The number of rotatable bonds is 4. The first-order valence-corrected chi connectivity index (χ1v) is 7.15. The minimum absolute atomic E-state index is 0.0242. The Labute approximate surface area is 124 Å². The Balaban J connectivity index is 2.39. The third-order valence-electron chi connectivity index (χ3n) is 4.16. The highest BCUT2D eigenvalue weighted by atomic mass is 16.5. The van der Waals surface area contributed by atoms with Gasteiger partial charge in [0.2, 0.25) is 0 Å². The maximum atomic E-state index is 10.2. The molecule has 1 aliphatic carbocycles. The second-order valence-electron chi connectivity index (χ2n) is 5.40. The molecule has 2 rings (SSSR count). The molecule has 0 spiro atoms. The van der Waals surface area contributed by atoms with Crippen LogP contribution in [0.2, 0.25) is 0 Å². The number of nitrogens with zero attached hydrogens (tertiary/aromatic N) is 2. The molecule has 1 saturated carbocycles. The molecule has 0 heterocycles. The van der Waals surface area contributed by atoms with Crippen molar-refractivity contribution in [2.75, 3.05) is 19.1 Å². The van der Waals surface area contributed by atoms with E-state index < -0.39 is 0 Å². The number of amidine groups is 1. The maximum Gasteiger partial charge on any atom is 0.172 e. The fourth-order valence-electron chi connectivity index (χ4n) is 2.92. The number of ether oxygens (including phenoxy) is 1. The lowest BCUT2D eigenvalue weighted by Crippen LogP contribution is -2.44. The van der Waals surface area contributed by atoms with E-state index in [0.717, 1.165) is 31.4 Å². The largest absolute Gasteiger partial charge is 0.497 e. The van der Waals surface area contributed by atoms with Crippen LogP contribution < -0.4 is 15.4 Å². The first kappa shape index (κ1) is 15.4. The molecule has 1 aromatic rings. The fourth-order valence-corrected chi connectivity index (χ4v) is 2.92. The van der Waals surface area contributed by atoms with Gasteiger partial charge in [-0.05, 0) is 25.0 Å². The lowest BCUT2D eigenvalue weighted by molar-refractivity contribution is 0.106. The molecule has 21 heavy (non-hydrogen) atoms. The summed E-state index contributed by atoms with van der Waals surface area (Å²) in [6.07, 6.45) is 3.50. The van der Waals surface area contributed by atoms with Gasteiger partial charge in [-0.25, -0.2) is 0 Å². The van der Waals surface area contributed by atoms with E-state index in [1.54, 1.807) is 19.2 Å². The van der Waals surface area contributed by atoms with Crippen molar-refractivity contribution < 1.29 is 15.1 Å². The second-order valence-corrected chi connectivity index (χ2v) is 5.40. The van der Waals surface area contributed by atoms with Gasteiger partial charge in [0.1, 0.15) is 5.75 Å². The molecule has 6 nitrogen and oxygen atoms in total. The SMILES string of the molecule is COc1ccc(/C(N)=N/O)c(N(C)C2CCCCC2O)c1. The van der Waals surface area contributed by atoms with Crippen molar-refractivity contribution in [2.24, 2.45) is 10.9 Å². The molecule has 0 amide bonds. The van der Waals surface area contributed by atoms with Gasteiger partial charge in [0, 0.05) is 18.7 Å². The zero-order valence-electron chi connectivity index (χ0n) is 12.5. The van der Waals surface area contributed by atoms with E-state index in [1.807, 2.05) is 18.0 Å². The van der Waals surface area contributed by atoms with Gasteiger partial charge in [-0.3, -0.25) is 0 Å². The lowest BCUT2D eigenvalue weighted by Gasteiger charge is -2.37. The molecule has 1 fully saturated rings. The molecule has 0 saturated heterocycles. The molecule has 0 radical (unpaired) electrons. The Morgan fingerprint density at radius 2 is 2.10 bits per heavy atom. The summed E-state index contributed by atoms with van der Waals surface area (Å²) in [7, 11) is 3.51. The number of anilines is 1. The van der Waals surface area contributed by atoms with Crippen LogP contribution in [-0.4, -0.2) is 42.5 Å². The van der Waals surface area contributed by atoms with Gasteiger partial charge in [0.25, 0.3) is 0 Å². The summed E-state index contributed by atoms with van der Waals surface area (Å²) in [5, 5.41) is 22.3. The first-order chi connectivity index (χ1) is 10.1. The molecular formula is C15H23N3O3. The summed E-state index contributed by atoms with van der Waals surface area (Å²) in [5.41, 5.74) is 7.17. The molecule has 1 aliphatic rings.